The van der Waals surface area contributed by atoms with Gasteiger partial charge in [-0.2, -0.15) is 5.26 Å². The minimum atomic E-state index is 0.202. The van der Waals surface area contributed by atoms with Gasteiger partial charge in [-0.25, -0.2) is 0 Å². The van der Waals surface area contributed by atoms with E-state index in [1.54, 1.807) is 0 Å². The Morgan fingerprint density at radius 1 is 2.00 bits per heavy atom. The van der Waals surface area contributed by atoms with Crippen LogP contribution < -0.4 is 0 Å². The molecule has 0 aromatic rings. The molecule has 0 atom stereocenters. The zero-order valence-corrected chi connectivity index (χ0v) is 3.57. The summed E-state index contributed by atoms with van der Waals surface area (Å²) in [6.07, 6.45) is 0. The first-order valence-corrected chi connectivity index (χ1v) is 1.81. The second-order valence-corrected chi connectivity index (χ2v) is 0.909. The molecule has 0 fully saturated rings. The van der Waals surface area contributed by atoms with Crippen LogP contribution in [0.1, 0.15) is 0 Å². The SMILES string of the molecule is N#CSOC=O. The number of hydrogen-bond acceptors (Lipinski definition) is 4. The predicted octanol–water partition coefficient (Wildman–Crippen LogP) is 0.289. The molecule has 0 aliphatic heterocycles. The van der Waals surface area contributed by atoms with Crippen molar-refractivity contribution in [2.45, 2.75) is 0 Å². The van der Waals surface area contributed by atoms with Crippen LogP contribution in [0, 0.1) is 10.7 Å². The number of thiocyanates is 1. The van der Waals surface area contributed by atoms with Gasteiger partial charge >= 0.3 is 6.47 Å². The van der Waals surface area contributed by atoms with Crippen LogP contribution in [0.4, 0.5) is 0 Å². The largest absolute Gasteiger partial charge is 0.378 e. The Morgan fingerprint density at radius 2 is 2.67 bits per heavy atom. The molecule has 0 aliphatic carbocycles. The van der Waals surface area contributed by atoms with Gasteiger partial charge in [-0.3, -0.25) is 4.79 Å². The second kappa shape index (κ2) is 4.31. The van der Waals surface area contributed by atoms with Gasteiger partial charge in [0.25, 0.3) is 0 Å². The summed E-state index contributed by atoms with van der Waals surface area (Å²) in [6, 6.07) is 0. The summed E-state index contributed by atoms with van der Waals surface area (Å²) in [6.45, 7) is 0.202. The highest BCUT2D eigenvalue weighted by atomic mass is 32.2. The van der Waals surface area contributed by atoms with Crippen molar-refractivity contribution >= 4 is 18.5 Å². The van der Waals surface area contributed by atoms with E-state index in [4.69, 9.17) is 10.1 Å². The maximum atomic E-state index is 9.17. The van der Waals surface area contributed by atoms with Gasteiger partial charge in [-0.15, -0.1) is 0 Å². The van der Waals surface area contributed by atoms with Crippen molar-refractivity contribution in [3.05, 3.63) is 0 Å². The van der Waals surface area contributed by atoms with E-state index in [2.05, 4.69) is 4.18 Å². The van der Waals surface area contributed by atoms with Crippen molar-refractivity contribution in [3.8, 4) is 5.40 Å². The van der Waals surface area contributed by atoms with Gasteiger partial charge in [-0.1, -0.05) is 0 Å². The quantitative estimate of drug-likeness (QED) is 0.218. The topological polar surface area (TPSA) is 50.1 Å². The highest BCUT2D eigenvalue weighted by Gasteiger charge is 1.72. The molecule has 6 heavy (non-hydrogen) atoms. The molecule has 0 saturated carbocycles. The molecule has 0 radical (unpaired) electrons. The Morgan fingerprint density at radius 3 is 2.83 bits per heavy atom. The first kappa shape index (κ1) is 5.31. The van der Waals surface area contributed by atoms with Crippen molar-refractivity contribution in [2.24, 2.45) is 0 Å². The summed E-state index contributed by atoms with van der Waals surface area (Å²) in [5.74, 6) is 0. The lowest BCUT2D eigenvalue weighted by Crippen LogP contribution is -1.65. The number of rotatable bonds is 2. The lowest BCUT2D eigenvalue weighted by Gasteiger charge is -1.73. The third kappa shape index (κ3) is 3.31. The number of hydrogen-bond donors (Lipinski definition) is 0. The fraction of sp³-hybridized carbons (Fsp3) is 0. The fourth-order valence-corrected chi connectivity index (χ4v) is 0.123. The molecule has 0 rings (SSSR count). The van der Waals surface area contributed by atoms with Crippen LogP contribution in [0.15, 0.2) is 0 Å². The predicted molar refractivity (Wildman–Crippen MR) is 20.4 cm³/mol. The number of nitrogens with zero attached hydrogens (tertiary/aromatic N) is 1. The second-order valence-electron chi connectivity index (χ2n) is 0.367. The van der Waals surface area contributed by atoms with E-state index in [0.717, 1.165) is 0 Å². The van der Waals surface area contributed by atoms with Gasteiger partial charge < -0.3 is 4.18 Å². The molecule has 3 nitrogen and oxygen atoms in total. The van der Waals surface area contributed by atoms with Crippen LogP contribution >= 0.6 is 12.0 Å². The minimum Gasteiger partial charge on any atom is -0.378 e. The molecular weight excluding hydrogens is 102 g/mol. The van der Waals surface area contributed by atoms with E-state index in [-0.39, 0.29) is 6.47 Å². The molecular formula is C2HNO2S. The minimum absolute atomic E-state index is 0.202. The molecule has 0 aromatic carbocycles. The van der Waals surface area contributed by atoms with Crippen LogP contribution in [-0.4, -0.2) is 6.47 Å². The lowest BCUT2D eigenvalue weighted by molar-refractivity contribution is -0.119. The van der Waals surface area contributed by atoms with E-state index >= 15 is 0 Å². The summed E-state index contributed by atoms with van der Waals surface area (Å²) in [5.41, 5.74) is 0. The van der Waals surface area contributed by atoms with Gasteiger partial charge in [0, 0.05) is 0 Å². The van der Waals surface area contributed by atoms with Gasteiger partial charge in [0.1, 0.15) is 0 Å². The average Bonchev–Trinajstić information content (AvgIpc) is 1.61. The standard InChI is InChI=1S/C2HNO2S/c3-1-6-5-2-4/h2H. The molecule has 0 amide bonds. The summed E-state index contributed by atoms with van der Waals surface area (Å²) < 4.78 is 3.86. The van der Waals surface area contributed by atoms with Crippen LogP contribution in [0.3, 0.4) is 0 Å². The van der Waals surface area contributed by atoms with Crippen molar-refractivity contribution in [2.75, 3.05) is 0 Å². The molecule has 4 heteroatoms. The number of carbonyl (C=O) groups is 1. The normalized spacial score (nSPS) is 5.83. The fourth-order valence-electron chi connectivity index (χ4n) is 0.0412. The molecule has 0 N–H and O–H groups in total. The first-order chi connectivity index (χ1) is 2.91. The summed E-state index contributed by atoms with van der Waals surface area (Å²) in [5, 5.41) is 9.16. The number of nitriles is 1. The third-order valence-electron chi connectivity index (χ3n) is 0.125. The molecule has 0 bridgehead atoms. The van der Waals surface area contributed by atoms with Crippen molar-refractivity contribution < 1.29 is 8.98 Å². The van der Waals surface area contributed by atoms with Crippen molar-refractivity contribution in [3.63, 3.8) is 0 Å². The molecule has 0 heterocycles. The Labute approximate surface area is 39.1 Å². The maximum absolute atomic E-state index is 9.17. The monoisotopic (exact) mass is 103 g/mol. The van der Waals surface area contributed by atoms with Crippen molar-refractivity contribution in [1.82, 2.24) is 0 Å². The summed E-state index contributed by atoms with van der Waals surface area (Å²) in [4.78, 5) is 9.17. The average molecular weight is 103 g/mol. The maximum Gasteiger partial charge on any atom is 0.306 e. The zero-order valence-electron chi connectivity index (χ0n) is 2.75. The van der Waals surface area contributed by atoms with E-state index in [9.17, 15) is 0 Å². The Kier molecular flexibility index (Phi) is 3.81. The third-order valence-corrected chi connectivity index (χ3v) is 0.374. The van der Waals surface area contributed by atoms with Crippen LogP contribution in [0.2, 0.25) is 0 Å². The molecule has 0 unspecified atom stereocenters. The summed E-state index contributed by atoms with van der Waals surface area (Å²) >= 11 is 0.446. The summed E-state index contributed by atoms with van der Waals surface area (Å²) in [7, 11) is 0. The van der Waals surface area contributed by atoms with Gasteiger partial charge in [0.05, 0.1) is 0 Å². The lowest BCUT2D eigenvalue weighted by atomic mass is 11.7. The Bertz CT molecular complexity index is 76.1. The zero-order chi connectivity index (χ0) is 4.83. The smallest absolute Gasteiger partial charge is 0.306 e. The molecule has 0 aliphatic rings. The van der Waals surface area contributed by atoms with Crippen molar-refractivity contribution in [1.29, 1.82) is 5.26 Å². The van der Waals surface area contributed by atoms with E-state index in [1.807, 2.05) is 0 Å². The van der Waals surface area contributed by atoms with Gasteiger partial charge in [0.2, 0.25) is 0 Å². The van der Waals surface area contributed by atoms with Gasteiger partial charge in [-0.05, 0) is 0 Å². The highest BCUT2D eigenvalue weighted by Crippen LogP contribution is 1.91. The molecule has 0 aromatic heterocycles. The Hall–Kier alpha value is -0.690. The van der Waals surface area contributed by atoms with Crippen LogP contribution in [-0.2, 0) is 8.98 Å². The molecule has 0 spiro atoms. The van der Waals surface area contributed by atoms with Crippen LogP contribution in [0.25, 0.3) is 0 Å². The van der Waals surface area contributed by atoms with E-state index < -0.39 is 0 Å². The van der Waals surface area contributed by atoms with Crippen LogP contribution in [0.5, 0.6) is 0 Å². The van der Waals surface area contributed by atoms with Gasteiger partial charge in [0.15, 0.2) is 17.4 Å². The van der Waals surface area contributed by atoms with E-state index in [0.29, 0.717) is 12.0 Å². The number of carbonyl (C=O) groups excluding carboxylic acids is 1. The van der Waals surface area contributed by atoms with E-state index in [1.165, 1.54) is 5.40 Å². The Balaban J connectivity index is 2.72. The molecule has 32 valence electrons. The molecule has 0 saturated heterocycles. The first-order valence-electron chi connectivity index (χ1n) is 1.07. The highest BCUT2D eigenvalue weighted by molar-refractivity contribution is 7.99.